The van der Waals surface area contributed by atoms with Gasteiger partial charge in [0.2, 0.25) is 0 Å². The van der Waals surface area contributed by atoms with E-state index in [4.69, 9.17) is 0 Å². The standard InChI is InChI=1S/C10H19.BrH.Mg/c1-3-5-10-7-6-9(4-2)8-10;;/h8-10H,3-7H2,1-2H3;1H;/q-1;;+2/p-1. The van der Waals surface area contributed by atoms with E-state index in [0.717, 1.165) is 11.8 Å². The molecule has 1 saturated carbocycles. The maximum absolute atomic E-state index is 2.59. The third-order valence-electron chi connectivity index (χ3n) is 2.64. The quantitative estimate of drug-likeness (QED) is 0.485. The third kappa shape index (κ3) is 5.08. The summed E-state index contributed by atoms with van der Waals surface area (Å²) in [5.74, 6) is 1.92. The largest absolute Gasteiger partial charge is 2.00 e. The van der Waals surface area contributed by atoms with Gasteiger partial charge in [-0.2, -0.15) is 11.8 Å². The van der Waals surface area contributed by atoms with E-state index in [1.807, 2.05) is 0 Å². The summed E-state index contributed by atoms with van der Waals surface area (Å²) in [5, 5.41) is 0. The van der Waals surface area contributed by atoms with E-state index in [2.05, 4.69) is 20.3 Å². The van der Waals surface area contributed by atoms with Crippen LogP contribution in [0.1, 0.15) is 46.0 Å². The smallest absolute Gasteiger partial charge is 1.00 e. The predicted octanol–water partition coefficient (Wildman–Crippen LogP) is 0.0502. The normalized spacial score (nSPS) is 27.5. The molecule has 2 heteroatoms. The summed E-state index contributed by atoms with van der Waals surface area (Å²) >= 11 is 0. The molecule has 1 aliphatic carbocycles. The van der Waals surface area contributed by atoms with E-state index in [1.165, 1.54) is 32.1 Å². The van der Waals surface area contributed by atoms with Crippen LogP contribution in [-0.4, -0.2) is 23.1 Å². The zero-order chi connectivity index (χ0) is 7.40. The molecule has 0 heterocycles. The number of halogens is 1. The van der Waals surface area contributed by atoms with E-state index in [9.17, 15) is 0 Å². The molecule has 68 valence electrons. The molecular formula is C10H19BrMg. The molecule has 0 radical (unpaired) electrons. The van der Waals surface area contributed by atoms with E-state index in [0.29, 0.717) is 0 Å². The van der Waals surface area contributed by atoms with E-state index < -0.39 is 0 Å². The van der Waals surface area contributed by atoms with Gasteiger partial charge in [-0.05, 0) is 0 Å². The molecule has 0 saturated heterocycles. The minimum atomic E-state index is 0. The Bertz CT molecular complexity index is 95.8. The Hall–Kier alpha value is 1.25. The second-order valence-corrected chi connectivity index (χ2v) is 3.49. The maximum atomic E-state index is 2.59. The van der Waals surface area contributed by atoms with Crippen LogP contribution in [0.4, 0.5) is 0 Å². The van der Waals surface area contributed by atoms with E-state index in [-0.39, 0.29) is 40.0 Å². The Morgan fingerprint density at radius 1 is 1.17 bits per heavy atom. The zero-order valence-electron chi connectivity index (χ0n) is 8.35. The van der Waals surface area contributed by atoms with Gasteiger partial charge < -0.3 is 23.4 Å². The van der Waals surface area contributed by atoms with Gasteiger partial charge in [0.25, 0.3) is 0 Å². The van der Waals surface area contributed by atoms with Crippen LogP contribution in [-0.2, 0) is 0 Å². The van der Waals surface area contributed by atoms with Crippen molar-refractivity contribution in [2.45, 2.75) is 46.0 Å². The van der Waals surface area contributed by atoms with Crippen LogP contribution in [0.2, 0.25) is 0 Å². The molecule has 0 nitrogen and oxygen atoms in total. The van der Waals surface area contributed by atoms with Crippen LogP contribution in [0.25, 0.3) is 0 Å². The van der Waals surface area contributed by atoms with Crippen molar-refractivity contribution in [3.63, 3.8) is 0 Å². The second-order valence-electron chi connectivity index (χ2n) is 3.49. The van der Waals surface area contributed by atoms with Gasteiger partial charge in [0, 0.05) is 0 Å². The third-order valence-corrected chi connectivity index (χ3v) is 2.64. The molecule has 1 fully saturated rings. The van der Waals surface area contributed by atoms with Crippen LogP contribution >= 0.6 is 0 Å². The topological polar surface area (TPSA) is 0 Å². The molecule has 2 atom stereocenters. The van der Waals surface area contributed by atoms with Crippen molar-refractivity contribution in [1.82, 2.24) is 0 Å². The van der Waals surface area contributed by atoms with Crippen molar-refractivity contribution >= 4 is 23.1 Å². The fourth-order valence-corrected chi connectivity index (χ4v) is 1.96. The van der Waals surface area contributed by atoms with Gasteiger partial charge in [0.15, 0.2) is 0 Å². The minimum absolute atomic E-state index is 0. The first-order valence-electron chi connectivity index (χ1n) is 4.71. The van der Waals surface area contributed by atoms with E-state index in [1.54, 1.807) is 0 Å². The van der Waals surface area contributed by atoms with Crippen molar-refractivity contribution in [3.8, 4) is 0 Å². The van der Waals surface area contributed by atoms with Crippen LogP contribution in [0.5, 0.6) is 0 Å². The second kappa shape index (κ2) is 8.83. The van der Waals surface area contributed by atoms with Crippen LogP contribution in [0.15, 0.2) is 0 Å². The molecule has 0 aromatic rings. The van der Waals surface area contributed by atoms with Crippen molar-refractivity contribution in [1.29, 1.82) is 0 Å². The minimum Gasteiger partial charge on any atom is -1.00 e. The summed E-state index contributed by atoms with van der Waals surface area (Å²) < 4.78 is 0. The summed E-state index contributed by atoms with van der Waals surface area (Å²) in [6.07, 6.45) is 9.66. The van der Waals surface area contributed by atoms with Gasteiger partial charge in [-0.1, -0.05) is 46.0 Å². The zero-order valence-corrected chi connectivity index (χ0v) is 11.4. The van der Waals surface area contributed by atoms with Gasteiger partial charge in [-0.3, -0.25) is 0 Å². The SMILES string of the molecule is CCCC1[CH-]C(CC)CC1.[Br-].[Mg+2]. The molecule has 0 N–H and O–H groups in total. The molecule has 2 unspecified atom stereocenters. The molecule has 0 aromatic carbocycles. The van der Waals surface area contributed by atoms with Gasteiger partial charge in [0.05, 0.1) is 0 Å². The molecule has 0 aliphatic heterocycles. The average molecular weight is 243 g/mol. The van der Waals surface area contributed by atoms with Crippen LogP contribution < -0.4 is 17.0 Å². The molecule has 1 rings (SSSR count). The predicted molar refractivity (Wildman–Crippen MR) is 51.5 cm³/mol. The molecule has 0 bridgehead atoms. The summed E-state index contributed by atoms with van der Waals surface area (Å²) in [6, 6.07) is 0. The van der Waals surface area contributed by atoms with Crippen molar-refractivity contribution in [2.75, 3.05) is 0 Å². The molecule has 1 aliphatic rings. The molecule has 12 heavy (non-hydrogen) atoms. The Labute approximate surface area is 104 Å². The first-order chi connectivity index (χ1) is 4.86. The first kappa shape index (κ1) is 15.7. The molecule has 0 amide bonds. The Morgan fingerprint density at radius 3 is 2.17 bits per heavy atom. The molecule has 0 spiro atoms. The van der Waals surface area contributed by atoms with Gasteiger partial charge in [-0.15, -0.1) is 0 Å². The molecular weight excluding hydrogens is 224 g/mol. The summed E-state index contributed by atoms with van der Waals surface area (Å²) in [5.41, 5.74) is 0. The Balaban J connectivity index is 0. The monoisotopic (exact) mass is 242 g/mol. The van der Waals surface area contributed by atoms with Crippen molar-refractivity contribution < 1.29 is 17.0 Å². The van der Waals surface area contributed by atoms with E-state index >= 15 is 0 Å². The van der Waals surface area contributed by atoms with Crippen molar-refractivity contribution in [2.24, 2.45) is 11.8 Å². The van der Waals surface area contributed by atoms with Crippen LogP contribution in [0.3, 0.4) is 0 Å². The number of hydrogen-bond donors (Lipinski definition) is 0. The van der Waals surface area contributed by atoms with Crippen molar-refractivity contribution in [3.05, 3.63) is 6.42 Å². The Kier molecular flexibility index (Phi) is 11.6. The average Bonchev–Trinajstić information content (AvgIpc) is 2.37. The van der Waals surface area contributed by atoms with Gasteiger partial charge in [-0.25, -0.2) is 0 Å². The summed E-state index contributed by atoms with van der Waals surface area (Å²) in [4.78, 5) is 0. The fourth-order valence-electron chi connectivity index (χ4n) is 1.96. The summed E-state index contributed by atoms with van der Waals surface area (Å²) in [7, 11) is 0. The molecule has 0 aromatic heterocycles. The van der Waals surface area contributed by atoms with Gasteiger partial charge in [0.1, 0.15) is 0 Å². The number of hydrogen-bond acceptors (Lipinski definition) is 0. The van der Waals surface area contributed by atoms with Crippen LogP contribution in [0, 0.1) is 18.3 Å². The first-order valence-corrected chi connectivity index (χ1v) is 4.71. The maximum Gasteiger partial charge on any atom is 2.00 e. The Morgan fingerprint density at radius 2 is 1.75 bits per heavy atom. The summed E-state index contributed by atoms with van der Waals surface area (Å²) in [6.45, 7) is 4.59. The number of rotatable bonds is 3. The van der Waals surface area contributed by atoms with Gasteiger partial charge >= 0.3 is 23.1 Å². The fraction of sp³-hybridized carbons (Fsp3) is 0.900.